The molecule has 1 aromatic carbocycles. The molecule has 2 aromatic rings. The largest absolute Gasteiger partial charge is 0.495 e. The Morgan fingerprint density at radius 2 is 2.25 bits per heavy atom. The molecule has 0 aliphatic rings. The van der Waals surface area contributed by atoms with E-state index in [0.717, 1.165) is 18.5 Å². The second-order valence-corrected chi connectivity index (χ2v) is 5.48. The van der Waals surface area contributed by atoms with Gasteiger partial charge in [0, 0.05) is 17.5 Å². The van der Waals surface area contributed by atoms with E-state index in [0.29, 0.717) is 17.4 Å². The van der Waals surface area contributed by atoms with Crippen LogP contribution in [-0.4, -0.2) is 7.11 Å². The zero-order valence-electron chi connectivity index (χ0n) is 11.7. The minimum atomic E-state index is 0.364. The molecule has 1 heterocycles. The lowest BCUT2D eigenvalue weighted by molar-refractivity contribution is 0.413. The summed E-state index contributed by atoms with van der Waals surface area (Å²) in [5.74, 6) is 0.626. The zero-order valence-corrected chi connectivity index (χ0v) is 12.5. The Kier molecular flexibility index (Phi) is 5.16. The number of hydrogen-bond acceptors (Lipinski definition) is 4. The molecule has 0 saturated heterocycles. The lowest BCUT2D eigenvalue weighted by Gasteiger charge is -2.16. The Bertz CT molecular complexity index is 587. The number of thiophene rings is 1. The molecule has 1 atom stereocenters. The predicted molar refractivity (Wildman–Crippen MR) is 81.9 cm³/mol. The van der Waals surface area contributed by atoms with E-state index in [2.05, 4.69) is 35.8 Å². The summed E-state index contributed by atoms with van der Waals surface area (Å²) in [5.41, 5.74) is 1.67. The summed E-state index contributed by atoms with van der Waals surface area (Å²) >= 11 is 1.77. The average Bonchev–Trinajstić information content (AvgIpc) is 3.02. The molecule has 4 heteroatoms. The van der Waals surface area contributed by atoms with Crippen molar-refractivity contribution in [3.8, 4) is 11.8 Å². The predicted octanol–water partition coefficient (Wildman–Crippen LogP) is 3.87. The fourth-order valence-corrected chi connectivity index (χ4v) is 3.01. The highest BCUT2D eigenvalue weighted by atomic mass is 32.1. The quantitative estimate of drug-likeness (QED) is 0.876. The van der Waals surface area contributed by atoms with Gasteiger partial charge in [0.1, 0.15) is 11.8 Å². The summed E-state index contributed by atoms with van der Waals surface area (Å²) in [6, 6.07) is 12.5. The Labute approximate surface area is 123 Å². The maximum Gasteiger partial charge on any atom is 0.136 e. The molecular weight excluding hydrogens is 268 g/mol. The first kappa shape index (κ1) is 14.6. The van der Waals surface area contributed by atoms with Crippen LogP contribution in [0.4, 0.5) is 0 Å². The van der Waals surface area contributed by atoms with Crippen LogP contribution < -0.4 is 10.1 Å². The molecule has 0 saturated carbocycles. The van der Waals surface area contributed by atoms with Gasteiger partial charge in [0.25, 0.3) is 0 Å². The number of benzene rings is 1. The van der Waals surface area contributed by atoms with Gasteiger partial charge in [-0.2, -0.15) is 5.26 Å². The van der Waals surface area contributed by atoms with Gasteiger partial charge in [-0.05, 0) is 35.6 Å². The smallest absolute Gasteiger partial charge is 0.136 e. The molecule has 0 fully saturated rings. The van der Waals surface area contributed by atoms with Gasteiger partial charge in [0.05, 0.1) is 12.7 Å². The SMILES string of the molecule is CCC(NCc1ccc(OC)c(C#N)c1)c1cccs1. The number of nitrogens with one attached hydrogen (secondary N) is 1. The molecule has 1 aromatic heterocycles. The minimum Gasteiger partial charge on any atom is -0.495 e. The van der Waals surface area contributed by atoms with Gasteiger partial charge in [-0.25, -0.2) is 0 Å². The topological polar surface area (TPSA) is 45.0 Å². The van der Waals surface area contributed by atoms with Crippen molar-refractivity contribution in [1.82, 2.24) is 5.32 Å². The summed E-state index contributed by atoms with van der Waals surface area (Å²) in [7, 11) is 1.58. The second-order valence-electron chi connectivity index (χ2n) is 4.50. The maximum atomic E-state index is 9.10. The van der Waals surface area contributed by atoms with E-state index < -0.39 is 0 Å². The second kappa shape index (κ2) is 7.09. The van der Waals surface area contributed by atoms with Crippen molar-refractivity contribution in [2.24, 2.45) is 0 Å². The van der Waals surface area contributed by atoms with Crippen molar-refractivity contribution >= 4 is 11.3 Å². The van der Waals surface area contributed by atoms with Crippen LogP contribution >= 0.6 is 11.3 Å². The minimum absolute atomic E-state index is 0.364. The van der Waals surface area contributed by atoms with Crippen molar-refractivity contribution in [2.75, 3.05) is 7.11 Å². The van der Waals surface area contributed by atoms with Crippen molar-refractivity contribution < 1.29 is 4.74 Å². The third-order valence-electron chi connectivity index (χ3n) is 3.23. The number of nitrogens with zero attached hydrogens (tertiary/aromatic N) is 1. The Morgan fingerprint density at radius 3 is 2.85 bits per heavy atom. The standard InChI is InChI=1S/C16H18N2OS/c1-3-14(16-5-4-8-20-16)18-11-12-6-7-15(19-2)13(9-12)10-17/h4-9,14,18H,3,11H2,1-2H3. The van der Waals surface area contributed by atoms with Crippen LogP contribution in [0.15, 0.2) is 35.7 Å². The van der Waals surface area contributed by atoms with Crippen molar-refractivity contribution in [2.45, 2.75) is 25.9 Å². The van der Waals surface area contributed by atoms with Gasteiger partial charge < -0.3 is 10.1 Å². The lowest BCUT2D eigenvalue weighted by Crippen LogP contribution is -2.19. The van der Waals surface area contributed by atoms with E-state index in [4.69, 9.17) is 10.00 Å². The third-order valence-corrected chi connectivity index (χ3v) is 4.22. The van der Waals surface area contributed by atoms with Gasteiger partial charge in [0.15, 0.2) is 0 Å². The molecule has 0 aliphatic heterocycles. The molecule has 0 amide bonds. The number of ether oxygens (including phenoxy) is 1. The number of hydrogen-bond donors (Lipinski definition) is 1. The molecule has 104 valence electrons. The highest BCUT2D eigenvalue weighted by Gasteiger charge is 2.10. The fourth-order valence-electron chi connectivity index (χ4n) is 2.13. The average molecular weight is 286 g/mol. The molecule has 2 rings (SSSR count). The van der Waals surface area contributed by atoms with Crippen LogP contribution in [0.2, 0.25) is 0 Å². The van der Waals surface area contributed by atoms with Crippen LogP contribution in [0, 0.1) is 11.3 Å². The molecule has 0 bridgehead atoms. The summed E-state index contributed by atoms with van der Waals surface area (Å²) in [4.78, 5) is 1.35. The molecule has 0 aliphatic carbocycles. The van der Waals surface area contributed by atoms with Crippen LogP contribution in [0.1, 0.15) is 35.4 Å². The summed E-state index contributed by atoms with van der Waals surface area (Å²) in [6.07, 6.45) is 1.04. The van der Waals surface area contributed by atoms with Gasteiger partial charge in [-0.3, -0.25) is 0 Å². The van der Waals surface area contributed by atoms with Crippen LogP contribution in [-0.2, 0) is 6.54 Å². The van der Waals surface area contributed by atoms with E-state index in [9.17, 15) is 0 Å². The molecule has 20 heavy (non-hydrogen) atoms. The maximum absolute atomic E-state index is 9.10. The highest BCUT2D eigenvalue weighted by molar-refractivity contribution is 7.10. The lowest BCUT2D eigenvalue weighted by atomic mass is 10.1. The molecule has 1 N–H and O–H groups in total. The van der Waals surface area contributed by atoms with Gasteiger partial charge >= 0.3 is 0 Å². The zero-order chi connectivity index (χ0) is 14.4. The van der Waals surface area contributed by atoms with Crippen LogP contribution in [0.5, 0.6) is 5.75 Å². The molecule has 3 nitrogen and oxygen atoms in total. The molecule has 1 unspecified atom stereocenters. The van der Waals surface area contributed by atoms with Gasteiger partial charge in [0.2, 0.25) is 0 Å². The third kappa shape index (κ3) is 3.38. The number of nitriles is 1. The summed E-state index contributed by atoms with van der Waals surface area (Å²) in [6.45, 7) is 2.92. The van der Waals surface area contributed by atoms with Crippen molar-refractivity contribution in [1.29, 1.82) is 5.26 Å². The number of methoxy groups -OCH3 is 1. The van der Waals surface area contributed by atoms with Crippen LogP contribution in [0.3, 0.4) is 0 Å². The fraction of sp³-hybridized carbons (Fsp3) is 0.312. The van der Waals surface area contributed by atoms with E-state index in [-0.39, 0.29) is 0 Å². The number of rotatable bonds is 6. The monoisotopic (exact) mass is 286 g/mol. The highest BCUT2D eigenvalue weighted by Crippen LogP contribution is 2.23. The summed E-state index contributed by atoms with van der Waals surface area (Å²) < 4.78 is 5.16. The Morgan fingerprint density at radius 1 is 1.40 bits per heavy atom. The van der Waals surface area contributed by atoms with Crippen molar-refractivity contribution in [3.05, 3.63) is 51.7 Å². The van der Waals surface area contributed by atoms with Crippen molar-refractivity contribution in [3.63, 3.8) is 0 Å². The van der Waals surface area contributed by atoms with E-state index in [1.165, 1.54) is 4.88 Å². The van der Waals surface area contributed by atoms with E-state index in [1.54, 1.807) is 18.4 Å². The Hall–Kier alpha value is -1.83. The normalized spacial score (nSPS) is 11.8. The first-order valence-electron chi connectivity index (χ1n) is 6.62. The molecule has 0 radical (unpaired) electrons. The van der Waals surface area contributed by atoms with Crippen LogP contribution in [0.25, 0.3) is 0 Å². The van der Waals surface area contributed by atoms with E-state index >= 15 is 0 Å². The van der Waals surface area contributed by atoms with Gasteiger partial charge in [-0.15, -0.1) is 11.3 Å². The van der Waals surface area contributed by atoms with E-state index in [1.807, 2.05) is 18.2 Å². The first-order valence-corrected chi connectivity index (χ1v) is 7.50. The van der Waals surface area contributed by atoms with Gasteiger partial charge in [-0.1, -0.05) is 19.1 Å². The molecule has 0 spiro atoms. The first-order chi connectivity index (χ1) is 9.78. The summed E-state index contributed by atoms with van der Waals surface area (Å²) in [5, 5.41) is 14.7. The molecular formula is C16H18N2OS. The Balaban J connectivity index is 2.05.